The van der Waals surface area contributed by atoms with Gasteiger partial charge in [0.25, 0.3) is 0 Å². The molecule has 1 N–H and O–H groups in total. The average Bonchev–Trinajstić information content (AvgIpc) is 3.25. The Morgan fingerprint density at radius 1 is 0.971 bits per heavy atom. The van der Waals surface area contributed by atoms with Crippen LogP contribution < -0.4 is 15.2 Å². The summed E-state index contributed by atoms with van der Waals surface area (Å²) in [7, 11) is 0.182. The summed E-state index contributed by atoms with van der Waals surface area (Å²) in [5.41, 5.74) is 3.35. The Balaban J connectivity index is 1.54. The van der Waals surface area contributed by atoms with Crippen LogP contribution in [0.4, 0.5) is 0 Å². The van der Waals surface area contributed by atoms with Crippen molar-refractivity contribution >= 4 is 36.0 Å². The Morgan fingerprint density at radius 2 is 1.66 bits per heavy atom. The smallest absolute Gasteiger partial charge is 0.240 e. The minimum absolute atomic E-state index is 0.0697. The summed E-state index contributed by atoms with van der Waals surface area (Å²) in [5, 5.41) is 4.31. The summed E-state index contributed by atoms with van der Waals surface area (Å²) in [5.74, 6) is 0.370. The molecule has 0 radical (unpaired) electrons. The van der Waals surface area contributed by atoms with Crippen LogP contribution >= 0.6 is 0 Å². The molecule has 0 aliphatic carbocycles. The number of nitrogens with zero attached hydrogens (tertiary/aromatic N) is 2. The molecule has 35 heavy (non-hydrogen) atoms. The number of para-hydroxylation sites is 2. The van der Waals surface area contributed by atoms with Crippen molar-refractivity contribution in [2.45, 2.75) is 38.6 Å². The van der Waals surface area contributed by atoms with Gasteiger partial charge in [-0.05, 0) is 35.4 Å². The third-order valence-corrected chi connectivity index (χ3v) is 8.18. The first-order valence-corrected chi connectivity index (χ1v) is 15.2. The van der Waals surface area contributed by atoms with E-state index in [2.05, 4.69) is 42.1 Å². The molecule has 0 aliphatic heterocycles. The molecule has 180 valence electrons. The van der Waals surface area contributed by atoms with Gasteiger partial charge in [0.1, 0.15) is 18.3 Å². The molecular weight excluding hydrogens is 454 g/mol. The van der Waals surface area contributed by atoms with Gasteiger partial charge in [0.05, 0.1) is 32.5 Å². The van der Waals surface area contributed by atoms with Gasteiger partial charge in [0.15, 0.2) is 5.78 Å². The van der Waals surface area contributed by atoms with Crippen LogP contribution in [0.3, 0.4) is 0 Å². The highest BCUT2D eigenvalue weighted by molar-refractivity contribution is 6.88. The first-order valence-electron chi connectivity index (χ1n) is 11.7. The molecule has 0 bridgehead atoms. The van der Waals surface area contributed by atoms with Crippen molar-refractivity contribution in [1.82, 2.24) is 14.9 Å². The summed E-state index contributed by atoms with van der Waals surface area (Å²) in [6.45, 7) is 6.97. The highest BCUT2D eigenvalue weighted by Crippen LogP contribution is 2.21. The maximum Gasteiger partial charge on any atom is 0.240 e. The molecule has 0 spiro atoms. The third-order valence-electron chi connectivity index (χ3n) is 6.12. The van der Waals surface area contributed by atoms with Gasteiger partial charge in [0, 0.05) is 6.42 Å². The fourth-order valence-corrected chi connectivity index (χ4v) is 5.24. The van der Waals surface area contributed by atoms with Gasteiger partial charge in [-0.15, -0.1) is 0 Å². The van der Waals surface area contributed by atoms with Crippen molar-refractivity contribution in [3.63, 3.8) is 0 Å². The second-order valence-electron chi connectivity index (χ2n) is 9.72. The number of methoxy groups -OCH3 is 1. The van der Waals surface area contributed by atoms with Gasteiger partial charge >= 0.3 is 0 Å². The van der Waals surface area contributed by atoms with Crippen LogP contribution in [0.5, 0.6) is 5.75 Å². The second-order valence-corrected chi connectivity index (χ2v) is 14.8. The summed E-state index contributed by atoms with van der Waals surface area (Å²) in [6, 6.07) is 22.4. The molecule has 4 rings (SSSR count). The van der Waals surface area contributed by atoms with Crippen molar-refractivity contribution in [2.75, 3.05) is 7.11 Å². The Labute approximate surface area is 207 Å². The summed E-state index contributed by atoms with van der Waals surface area (Å²) >= 11 is 0. The molecule has 1 aromatic heterocycles. The predicted octanol–water partition coefficient (Wildman–Crippen LogP) is 4.26. The topological polar surface area (TPSA) is 73.2 Å². The van der Waals surface area contributed by atoms with Crippen LogP contribution in [0, 0.1) is 0 Å². The van der Waals surface area contributed by atoms with Crippen LogP contribution in [0.15, 0.2) is 79.1 Å². The average molecular weight is 486 g/mol. The molecule has 1 atom stereocenters. The number of aromatic nitrogens is 2. The number of rotatable bonds is 9. The minimum Gasteiger partial charge on any atom is -0.497 e. The monoisotopic (exact) mass is 485 g/mol. The number of carbonyl (C=O) groups excluding carboxylic acids is 2. The molecule has 0 fully saturated rings. The van der Waals surface area contributed by atoms with Crippen molar-refractivity contribution in [2.24, 2.45) is 0 Å². The summed E-state index contributed by atoms with van der Waals surface area (Å²) < 4.78 is 7.04. The van der Waals surface area contributed by atoms with E-state index in [0.717, 1.165) is 22.2 Å². The number of fused-ring (bicyclic) bond motifs is 1. The quantitative estimate of drug-likeness (QED) is 0.360. The molecule has 1 unspecified atom stereocenters. The van der Waals surface area contributed by atoms with Crippen molar-refractivity contribution < 1.29 is 14.3 Å². The molecule has 4 aromatic rings. The number of carbonyl (C=O) groups is 2. The van der Waals surface area contributed by atoms with E-state index in [9.17, 15) is 9.59 Å². The van der Waals surface area contributed by atoms with Crippen molar-refractivity contribution in [1.29, 1.82) is 0 Å². The molecule has 0 saturated carbocycles. The van der Waals surface area contributed by atoms with E-state index in [1.165, 1.54) is 5.19 Å². The number of ketones is 1. The number of amides is 1. The van der Waals surface area contributed by atoms with Crippen LogP contribution in [0.25, 0.3) is 11.0 Å². The van der Waals surface area contributed by atoms with E-state index >= 15 is 0 Å². The lowest BCUT2D eigenvalue weighted by molar-refractivity contribution is -0.128. The van der Waals surface area contributed by atoms with Crippen LogP contribution in [0.2, 0.25) is 19.6 Å². The van der Waals surface area contributed by atoms with Crippen LogP contribution in [-0.2, 0) is 22.6 Å². The molecule has 0 aliphatic rings. The molecule has 7 heteroatoms. The Bertz CT molecular complexity index is 1320. The molecule has 1 amide bonds. The van der Waals surface area contributed by atoms with E-state index in [-0.39, 0.29) is 24.7 Å². The first kappa shape index (κ1) is 24.4. The number of imidazole rings is 1. The van der Waals surface area contributed by atoms with Gasteiger partial charge < -0.3 is 14.6 Å². The fourth-order valence-electron chi connectivity index (χ4n) is 4.07. The SMILES string of the molecule is COc1ccc(C(NC(=O)Cn2cnc3ccccc32)C(=O)Cc2ccc([Si](C)(C)C)cc2)cc1. The van der Waals surface area contributed by atoms with Crippen molar-refractivity contribution in [3.05, 3.63) is 90.3 Å². The Kier molecular flexibility index (Phi) is 7.17. The van der Waals surface area contributed by atoms with E-state index in [4.69, 9.17) is 4.74 Å². The molecule has 3 aromatic carbocycles. The highest BCUT2D eigenvalue weighted by atomic mass is 28.3. The molecule has 0 saturated heterocycles. The molecular formula is C28H31N3O3Si. The van der Waals surface area contributed by atoms with E-state index in [1.54, 1.807) is 30.1 Å². The van der Waals surface area contributed by atoms with Crippen LogP contribution in [-0.4, -0.2) is 36.4 Å². The van der Waals surface area contributed by atoms with E-state index in [1.807, 2.05) is 48.5 Å². The van der Waals surface area contributed by atoms with E-state index < -0.39 is 14.1 Å². The molecule has 6 nitrogen and oxygen atoms in total. The number of ether oxygens (including phenoxy) is 1. The van der Waals surface area contributed by atoms with Gasteiger partial charge in [-0.1, -0.05) is 73.4 Å². The Morgan fingerprint density at radius 3 is 2.31 bits per heavy atom. The number of benzene rings is 3. The zero-order chi connectivity index (χ0) is 25.0. The minimum atomic E-state index is -1.41. The van der Waals surface area contributed by atoms with Crippen LogP contribution in [0.1, 0.15) is 17.2 Å². The van der Waals surface area contributed by atoms with Gasteiger partial charge in [0.2, 0.25) is 5.91 Å². The van der Waals surface area contributed by atoms with Gasteiger partial charge in [-0.2, -0.15) is 0 Å². The lowest BCUT2D eigenvalue weighted by Crippen LogP contribution is -2.37. The largest absolute Gasteiger partial charge is 0.497 e. The van der Waals surface area contributed by atoms with Gasteiger partial charge in [-0.25, -0.2) is 4.98 Å². The van der Waals surface area contributed by atoms with E-state index in [0.29, 0.717) is 5.75 Å². The predicted molar refractivity (Wildman–Crippen MR) is 142 cm³/mol. The summed E-state index contributed by atoms with van der Waals surface area (Å²) in [4.78, 5) is 30.8. The Hall–Kier alpha value is -3.71. The second kappa shape index (κ2) is 10.3. The number of hydrogen-bond donors (Lipinski definition) is 1. The summed E-state index contributed by atoms with van der Waals surface area (Å²) in [6.07, 6.45) is 1.88. The van der Waals surface area contributed by atoms with Crippen molar-refractivity contribution in [3.8, 4) is 5.75 Å². The zero-order valence-corrected chi connectivity index (χ0v) is 21.6. The number of nitrogens with one attached hydrogen (secondary N) is 1. The molecule has 1 heterocycles. The van der Waals surface area contributed by atoms with Gasteiger partial charge in [-0.3, -0.25) is 9.59 Å². The normalized spacial score (nSPS) is 12.3. The maximum atomic E-state index is 13.4. The lowest BCUT2D eigenvalue weighted by atomic mass is 9.97. The third kappa shape index (κ3) is 5.86. The highest BCUT2D eigenvalue weighted by Gasteiger charge is 2.24. The lowest BCUT2D eigenvalue weighted by Gasteiger charge is -2.20. The zero-order valence-electron chi connectivity index (χ0n) is 20.6. The maximum absolute atomic E-state index is 13.4. The number of hydrogen-bond acceptors (Lipinski definition) is 4. The fraction of sp³-hybridized carbons (Fsp3) is 0.250. The number of Topliss-reactive ketones (excluding diaryl/α,β-unsaturated/α-hetero) is 1. The standard InChI is InChI=1S/C28H31N3O3Si/c1-34-22-13-11-21(12-14-22)28(26(32)17-20-9-15-23(16-10-20)35(2,3)4)30-27(33)18-31-19-29-24-7-5-6-8-25(24)31/h5-16,19,28H,17-18H2,1-4H3,(H,30,33). The first-order chi connectivity index (χ1) is 16.7.